The highest BCUT2D eigenvalue weighted by Gasteiger charge is 2.81. The first kappa shape index (κ1) is 23.8. The molecule has 9 heteroatoms. The Bertz CT molecular complexity index is 938. The van der Waals surface area contributed by atoms with Gasteiger partial charge in [-0.1, -0.05) is 6.92 Å². The van der Waals surface area contributed by atoms with Crippen molar-refractivity contribution in [3.8, 4) is 0 Å². The van der Waals surface area contributed by atoms with Crippen LogP contribution >= 0.6 is 0 Å². The van der Waals surface area contributed by atoms with Gasteiger partial charge in [-0.25, -0.2) is 4.79 Å². The highest BCUT2D eigenvalue weighted by Crippen LogP contribution is 2.67. The van der Waals surface area contributed by atoms with Crippen LogP contribution in [0.3, 0.4) is 0 Å². The minimum Gasteiger partial charge on any atom is -0.472 e. The van der Waals surface area contributed by atoms with E-state index in [-0.39, 0.29) is 11.5 Å². The minimum absolute atomic E-state index is 0.148. The first-order chi connectivity index (χ1) is 15.4. The van der Waals surface area contributed by atoms with E-state index >= 15 is 0 Å². The van der Waals surface area contributed by atoms with Crippen molar-refractivity contribution in [2.45, 2.75) is 90.0 Å². The summed E-state index contributed by atoms with van der Waals surface area (Å²) in [7, 11) is 0. The van der Waals surface area contributed by atoms with Gasteiger partial charge in [0.25, 0.3) is 0 Å². The predicted molar refractivity (Wildman–Crippen MR) is 113 cm³/mol. The topological polar surface area (TPSA) is 122 Å². The number of ether oxygens (including phenoxy) is 4. The van der Waals surface area contributed by atoms with Gasteiger partial charge in [0.1, 0.15) is 36.3 Å². The Labute approximate surface area is 192 Å². The Morgan fingerprint density at radius 3 is 2.27 bits per heavy atom. The van der Waals surface area contributed by atoms with Crippen molar-refractivity contribution in [1.29, 1.82) is 0 Å². The summed E-state index contributed by atoms with van der Waals surface area (Å²) >= 11 is 0. The lowest BCUT2D eigenvalue weighted by molar-refractivity contribution is -0.298. The van der Waals surface area contributed by atoms with Crippen LogP contribution in [0.2, 0.25) is 0 Å². The Morgan fingerprint density at radius 1 is 1.03 bits per heavy atom. The molecule has 1 spiro atoms. The first-order valence-electron chi connectivity index (χ1n) is 11.3. The number of esters is 3. The van der Waals surface area contributed by atoms with Crippen LogP contribution in [0.15, 0.2) is 23.0 Å². The average Bonchev–Trinajstić information content (AvgIpc) is 3.30. The number of hydrogen-bond acceptors (Lipinski definition) is 9. The fourth-order valence-corrected chi connectivity index (χ4v) is 6.70. The number of carbonyl (C=O) groups excluding carboxylic acids is 3. The lowest BCUT2D eigenvalue weighted by atomic mass is 9.48. The average molecular weight is 465 g/mol. The molecule has 4 rings (SSSR count). The maximum absolute atomic E-state index is 13.0. The molecule has 3 aliphatic rings. The van der Waals surface area contributed by atoms with Crippen LogP contribution in [-0.2, 0) is 28.5 Å². The van der Waals surface area contributed by atoms with Crippen molar-refractivity contribution in [3.63, 3.8) is 0 Å². The maximum atomic E-state index is 13.0. The first-order valence-corrected chi connectivity index (χ1v) is 11.3. The van der Waals surface area contributed by atoms with E-state index in [0.29, 0.717) is 12.8 Å². The molecule has 1 aliphatic heterocycles. The van der Waals surface area contributed by atoms with Gasteiger partial charge in [0, 0.05) is 13.8 Å². The second-order valence-electron chi connectivity index (χ2n) is 10.2. The van der Waals surface area contributed by atoms with Crippen LogP contribution in [0.4, 0.5) is 0 Å². The number of rotatable bonds is 4. The number of furan rings is 1. The van der Waals surface area contributed by atoms with Crippen LogP contribution in [0.1, 0.15) is 64.7 Å². The summed E-state index contributed by atoms with van der Waals surface area (Å²) in [5.74, 6) is -2.49. The third-order valence-electron chi connectivity index (χ3n) is 7.95. The van der Waals surface area contributed by atoms with Gasteiger partial charge in [0.05, 0.1) is 28.8 Å². The van der Waals surface area contributed by atoms with Crippen molar-refractivity contribution < 1.29 is 42.9 Å². The van der Waals surface area contributed by atoms with E-state index < -0.39 is 64.9 Å². The molecule has 8 atom stereocenters. The molecule has 0 amide bonds. The summed E-state index contributed by atoms with van der Waals surface area (Å²) in [5.41, 5.74) is -3.09. The molecule has 3 fully saturated rings. The molecule has 33 heavy (non-hydrogen) atoms. The Morgan fingerprint density at radius 2 is 1.70 bits per heavy atom. The molecule has 0 radical (unpaired) electrons. The fourth-order valence-electron chi connectivity index (χ4n) is 6.70. The van der Waals surface area contributed by atoms with Crippen molar-refractivity contribution in [2.75, 3.05) is 0 Å². The van der Waals surface area contributed by atoms with Gasteiger partial charge in [0.2, 0.25) is 0 Å². The molecule has 2 saturated carbocycles. The van der Waals surface area contributed by atoms with Crippen LogP contribution in [0, 0.1) is 17.3 Å². The zero-order chi connectivity index (χ0) is 24.3. The van der Waals surface area contributed by atoms with E-state index in [1.54, 1.807) is 6.92 Å². The zero-order valence-corrected chi connectivity index (χ0v) is 19.8. The van der Waals surface area contributed by atoms with Crippen molar-refractivity contribution >= 4 is 17.9 Å². The molecule has 182 valence electrons. The lowest BCUT2D eigenvalue weighted by Gasteiger charge is -2.62. The van der Waals surface area contributed by atoms with Crippen molar-refractivity contribution in [3.05, 3.63) is 24.2 Å². The van der Waals surface area contributed by atoms with E-state index in [2.05, 4.69) is 0 Å². The molecular formula is C24H32O9. The summed E-state index contributed by atoms with van der Waals surface area (Å²) in [4.78, 5) is 37.2. The molecule has 2 bridgehead atoms. The summed E-state index contributed by atoms with van der Waals surface area (Å²) in [6, 6.07) is 1.47. The maximum Gasteiger partial charge on any atom is 0.341 e. The van der Waals surface area contributed by atoms with Gasteiger partial charge in [-0.3, -0.25) is 9.59 Å². The number of hydrogen-bond donors (Lipinski definition) is 1. The summed E-state index contributed by atoms with van der Waals surface area (Å²) in [5, 5.41) is 11.6. The van der Waals surface area contributed by atoms with Crippen molar-refractivity contribution in [2.24, 2.45) is 17.3 Å². The molecule has 1 aromatic rings. The molecule has 0 aromatic carbocycles. The lowest BCUT2D eigenvalue weighted by Crippen LogP contribution is -2.76. The van der Waals surface area contributed by atoms with Gasteiger partial charge >= 0.3 is 17.9 Å². The van der Waals surface area contributed by atoms with E-state index in [1.807, 2.05) is 20.8 Å². The second kappa shape index (κ2) is 7.84. The number of aliphatic hydroxyl groups is 1. The minimum atomic E-state index is -1.25. The van der Waals surface area contributed by atoms with Crippen LogP contribution in [0.5, 0.6) is 0 Å². The molecular weight excluding hydrogens is 432 g/mol. The van der Waals surface area contributed by atoms with Gasteiger partial charge in [-0.15, -0.1) is 0 Å². The fraction of sp³-hybridized carbons (Fsp3) is 0.708. The number of aliphatic hydroxyl groups excluding tert-OH is 1. The van der Waals surface area contributed by atoms with Gasteiger partial charge in [-0.2, -0.15) is 0 Å². The largest absolute Gasteiger partial charge is 0.472 e. The highest BCUT2D eigenvalue weighted by atomic mass is 16.6. The summed E-state index contributed by atoms with van der Waals surface area (Å²) < 4.78 is 29.3. The summed E-state index contributed by atoms with van der Waals surface area (Å²) in [6.07, 6.45) is -0.166. The van der Waals surface area contributed by atoms with Crippen LogP contribution in [-0.4, -0.2) is 58.6 Å². The number of carbonyl (C=O) groups is 3. The highest BCUT2D eigenvalue weighted by molar-refractivity contribution is 5.89. The Kier molecular flexibility index (Phi) is 5.64. The molecule has 2 heterocycles. The Hall–Kier alpha value is -2.39. The monoisotopic (exact) mass is 464 g/mol. The molecule has 0 unspecified atom stereocenters. The van der Waals surface area contributed by atoms with Crippen molar-refractivity contribution in [1.82, 2.24) is 0 Å². The van der Waals surface area contributed by atoms with Crippen LogP contribution in [0.25, 0.3) is 0 Å². The molecule has 9 nitrogen and oxygen atoms in total. The second-order valence-corrected chi connectivity index (χ2v) is 10.2. The Balaban J connectivity index is 1.90. The number of fused-ring (bicyclic) bond motifs is 1. The SMILES string of the molecule is CC(=O)O[C@H]1CC[C@@H](C)[C@]23OC(C)(C)[C@H]([C@@H](O)[C@H](OC(=O)c4ccoc4)[C@]12C)[C@H]3OC(C)=O. The zero-order valence-electron chi connectivity index (χ0n) is 19.8. The smallest absolute Gasteiger partial charge is 0.341 e. The predicted octanol–water partition coefficient (Wildman–Crippen LogP) is 2.64. The van der Waals surface area contributed by atoms with E-state index in [9.17, 15) is 19.5 Å². The van der Waals surface area contributed by atoms with Gasteiger partial charge in [-0.05, 0) is 45.6 Å². The standard InChI is InChI=1S/C24H32O9/c1-12-7-8-16(30-13(2)25)23(6)20(32-21(28)15-9-10-29-11-15)18(27)17-19(31-14(3)26)24(12,23)33-22(17,4)5/h9-12,16-20,27H,7-8H2,1-6H3/t12-,16+,17-,18-,19-,20+,23+,24-/m1/s1. The molecule has 1 aromatic heterocycles. The van der Waals surface area contributed by atoms with Gasteiger partial charge < -0.3 is 28.5 Å². The normalized spacial score (nSPS) is 41.1. The van der Waals surface area contributed by atoms with E-state index in [4.69, 9.17) is 23.4 Å². The van der Waals surface area contributed by atoms with Gasteiger partial charge in [0.15, 0.2) is 0 Å². The van der Waals surface area contributed by atoms with E-state index in [1.165, 1.54) is 32.4 Å². The van der Waals surface area contributed by atoms with E-state index in [0.717, 1.165) is 0 Å². The van der Waals surface area contributed by atoms with Crippen LogP contribution < -0.4 is 0 Å². The third-order valence-corrected chi connectivity index (χ3v) is 7.95. The molecule has 1 N–H and O–H groups in total. The molecule has 1 saturated heterocycles. The quantitative estimate of drug-likeness (QED) is 0.529. The summed E-state index contributed by atoms with van der Waals surface area (Å²) in [6.45, 7) is 10.1. The molecule has 2 aliphatic carbocycles. The third kappa shape index (κ3) is 3.31.